The van der Waals surface area contributed by atoms with E-state index in [0.717, 1.165) is 0 Å². The number of hydrogen-bond donors (Lipinski definition) is 2. The van der Waals surface area contributed by atoms with Gasteiger partial charge in [-0.1, -0.05) is 6.07 Å². The molecule has 0 bridgehead atoms. The van der Waals surface area contributed by atoms with Crippen LogP contribution in [-0.2, 0) is 17.1 Å². The van der Waals surface area contributed by atoms with Crippen LogP contribution in [0.1, 0.15) is 17.0 Å². The van der Waals surface area contributed by atoms with Gasteiger partial charge in [0.2, 0.25) is 0 Å². The third-order valence-electron chi connectivity index (χ3n) is 3.17. The monoisotopic (exact) mass is 295 g/mol. The maximum atomic E-state index is 12.4. The van der Waals surface area contributed by atoms with Gasteiger partial charge in [-0.05, 0) is 32.4 Å². The smallest absolute Gasteiger partial charge is 0.265 e. The topological polar surface area (TPSA) is 84.2 Å². The van der Waals surface area contributed by atoms with E-state index in [1.807, 2.05) is 0 Å². The highest BCUT2D eigenvalue weighted by atomic mass is 32.2. The van der Waals surface area contributed by atoms with Crippen molar-refractivity contribution in [3.05, 3.63) is 35.2 Å². The zero-order valence-electron chi connectivity index (χ0n) is 11.8. The van der Waals surface area contributed by atoms with Gasteiger partial charge in [0.15, 0.2) is 0 Å². The summed E-state index contributed by atoms with van der Waals surface area (Å²) in [7, 11) is -2.03. The molecule has 0 fully saturated rings. The fourth-order valence-corrected chi connectivity index (χ4v) is 3.51. The highest BCUT2D eigenvalue weighted by Crippen LogP contribution is 2.25. The van der Waals surface area contributed by atoms with Crippen LogP contribution in [0.4, 0.5) is 5.69 Å². The second-order valence-corrected chi connectivity index (χ2v) is 6.35. The van der Waals surface area contributed by atoms with Crippen molar-refractivity contribution in [3.63, 3.8) is 0 Å². The van der Waals surface area contributed by atoms with Crippen molar-refractivity contribution in [2.45, 2.75) is 25.7 Å². The molecular weight excluding hydrogens is 278 g/mol. The fraction of sp³-hybridized carbons (Fsp3) is 0.308. The van der Waals surface area contributed by atoms with Crippen LogP contribution < -0.4 is 4.72 Å². The zero-order valence-corrected chi connectivity index (χ0v) is 12.6. The highest BCUT2D eigenvalue weighted by molar-refractivity contribution is 7.92. The van der Waals surface area contributed by atoms with Gasteiger partial charge in [-0.15, -0.1) is 0 Å². The summed E-state index contributed by atoms with van der Waals surface area (Å²) in [5.74, 6) is 0.0461. The number of sulfonamides is 1. The number of anilines is 1. The number of rotatable bonds is 3. The van der Waals surface area contributed by atoms with Crippen LogP contribution in [0.3, 0.4) is 0 Å². The minimum atomic E-state index is -3.73. The molecule has 6 nitrogen and oxygen atoms in total. The molecule has 0 unspecified atom stereocenters. The van der Waals surface area contributed by atoms with E-state index in [1.165, 1.54) is 10.7 Å². The molecule has 1 heterocycles. The molecule has 0 aliphatic carbocycles. The molecule has 20 heavy (non-hydrogen) atoms. The molecule has 2 rings (SSSR count). The molecule has 108 valence electrons. The van der Waals surface area contributed by atoms with E-state index < -0.39 is 10.0 Å². The summed E-state index contributed by atoms with van der Waals surface area (Å²) in [5.41, 5.74) is 2.00. The van der Waals surface area contributed by atoms with Crippen molar-refractivity contribution in [1.82, 2.24) is 9.78 Å². The van der Waals surface area contributed by atoms with E-state index in [9.17, 15) is 13.5 Å². The van der Waals surface area contributed by atoms with Gasteiger partial charge in [0.1, 0.15) is 10.6 Å². The van der Waals surface area contributed by atoms with Gasteiger partial charge in [-0.3, -0.25) is 9.40 Å². The molecule has 2 N–H and O–H groups in total. The predicted molar refractivity (Wildman–Crippen MR) is 76.3 cm³/mol. The van der Waals surface area contributed by atoms with Gasteiger partial charge >= 0.3 is 0 Å². The Morgan fingerprint density at radius 3 is 2.40 bits per heavy atom. The second kappa shape index (κ2) is 4.82. The van der Waals surface area contributed by atoms with Crippen LogP contribution >= 0.6 is 0 Å². The SMILES string of the molecule is Cc1ccc(NS(=O)(=O)c2c(C)nn(C)c2C)cc1O. The number of aryl methyl sites for hydroxylation is 3. The summed E-state index contributed by atoms with van der Waals surface area (Å²) in [5, 5.41) is 13.7. The van der Waals surface area contributed by atoms with E-state index in [-0.39, 0.29) is 10.6 Å². The first-order valence-corrected chi connectivity index (χ1v) is 7.53. The van der Waals surface area contributed by atoms with Crippen LogP contribution in [0, 0.1) is 20.8 Å². The summed E-state index contributed by atoms with van der Waals surface area (Å²) < 4.78 is 28.8. The van der Waals surface area contributed by atoms with Gasteiger partial charge < -0.3 is 5.11 Å². The lowest BCUT2D eigenvalue weighted by Crippen LogP contribution is -2.14. The lowest BCUT2D eigenvalue weighted by molar-refractivity contribution is 0.471. The van der Waals surface area contributed by atoms with Crippen LogP contribution in [0.25, 0.3) is 0 Å². The summed E-state index contributed by atoms with van der Waals surface area (Å²) in [4.78, 5) is 0.167. The quantitative estimate of drug-likeness (QED) is 0.905. The number of nitrogens with zero attached hydrogens (tertiary/aromatic N) is 2. The van der Waals surface area contributed by atoms with Crippen molar-refractivity contribution in [1.29, 1.82) is 0 Å². The third-order valence-corrected chi connectivity index (χ3v) is 4.81. The van der Waals surface area contributed by atoms with E-state index in [4.69, 9.17) is 0 Å². The van der Waals surface area contributed by atoms with E-state index in [2.05, 4.69) is 9.82 Å². The maximum absolute atomic E-state index is 12.4. The van der Waals surface area contributed by atoms with Crippen molar-refractivity contribution in [2.75, 3.05) is 4.72 Å². The molecule has 2 aromatic rings. The summed E-state index contributed by atoms with van der Waals surface area (Å²) in [6.45, 7) is 5.08. The number of nitrogens with one attached hydrogen (secondary N) is 1. The van der Waals surface area contributed by atoms with E-state index >= 15 is 0 Å². The van der Waals surface area contributed by atoms with Gasteiger partial charge in [0, 0.05) is 13.1 Å². The molecule has 0 saturated carbocycles. The van der Waals surface area contributed by atoms with Crippen molar-refractivity contribution in [3.8, 4) is 5.75 Å². The Hall–Kier alpha value is -2.02. The third kappa shape index (κ3) is 2.49. The predicted octanol–water partition coefficient (Wildman–Crippen LogP) is 1.85. The van der Waals surface area contributed by atoms with Crippen molar-refractivity contribution in [2.24, 2.45) is 7.05 Å². The number of aromatic hydroxyl groups is 1. The number of aromatic nitrogens is 2. The highest BCUT2D eigenvalue weighted by Gasteiger charge is 2.23. The molecule has 0 amide bonds. The van der Waals surface area contributed by atoms with Crippen LogP contribution in [0.2, 0.25) is 0 Å². The summed E-state index contributed by atoms with van der Waals surface area (Å²) in [6.07, 6.45) is 0. The Labute approximate surface area is 118 Å². The largest absolute Gasteiger partial charge is 0.508 e. The minimum Gasteiger partial charge on any atom is -0.508 e. The van der Waals surface area contributed by atoms with Crippen molar-refractivity contribution >= 4 is 15.7 Å². The Kier molecular flexibility index (Phi) is 3.47. The molecule has 0 atom stereocenters. The average molecular weight is 295 g/mol. The lowest BCUT2D eigenvalue weighted by Gasteiger charge is -2.09. The van der Waals surface area contributed by atoms with Crippen LogP contribution in [0.15, 0.2) is 23.1 Å². The Morgan fingerprint density at radius 1 is 1.25 bits per heavy atom. The molecule has 0 aliphatic heterocycles. The molecule has 0 radical (unpaired) electrons. The molecule has 7 heteroatoms. The fourth-order valence-electron chi connectivity index (χ4n) is 2.02. The summed E-state index contributed by atoms with van der Waals surface area (Å²) >= 11 is 0. The minimum absolute atomic E-state index is 0.0461. The van der Waals surface area contributed by atoms with Crippen LogP contribution in [-0.4, -0.2) is 23.3 Å². The molecule has 1 aromatic carbocycles. The average Bonchev–Trinajstić information content (AvgIpc) is 2.58. The molecule has 1 aromatic heterocycles. The van der Waals surface area contributed by atoms with Gasteiger partial charge in [-0.2, -0.15) is 5.10 Å². The van der Waals surface area contributed by atoms with Gasteiger partial charge in [0.25, 0.3) is 10.0 Å². The normalized spacial score (nSPS) is 11.6. The molecule has 0 saturated heterocycles. The number of phenols is 1. The first-order valence-electron chi connectivity index (χ1n) is 6.05. The van der Waals surface area contributed by atoms with Crippen LogP contribution in [0.5, 0.6) is 5.75 Å². The number of hydrogen-bond acceptors (Lipinski definition) is 4. The van der Waals surface area contributed by atoms with E-state index in [1.54, 1.807) is 40.0 Å². The lowest BCUT2D eigenvalue weighted by atomic mass is 10.2. The molecule has 0 aliphatic rings. The standard InChI is InChI=1S/C13H17N3O3S/c1-8-5-6-11(7-12(8)17)15-20(18,19)13-9(2)14-16(4)10(13)3/h5-7,15,17H,1-4H3. The molecular formula is C13H17N3O3S. The number of phenolic OH excluding ortho intramolecular Hbond substituents is 1. The van der Waals surface area contributed by atoms with E-state index in [0.29, 0.717) is 22.6 Å². The number of benzene rings is 1. The Morgan fingerprint density at radius 2 is 1.90 bits per heavy atom. The molecule has 0 spiro atoms. The first kappa shape index (κ1) is 14.4. The Bertz CT molecular complexity index is 763. The maximum Gasteiger partial charge on any atom is 0.265 e. The van der Waals surface area contributed by atoms with Gasteiger partial charge in [-0.25, -0.2) is 8.42 Å². The first-order chi connectivity index (χ1) is 9.22. The summed E-state index contributed by atoms with van der Waals surface area (Å²) in [6, 6.07) is 4.64. The van der Waals surface area contributed by atoms with Crippen molar-refractivity contribution < 1.29 is 13.5 Å². The second-order valence-electron chi connectivity index (χ2n) is 4.73. The Balaban J connectivity index is 2.43. The van der Waals surface area contributed by atoms with Gasteiger partial charge in [0.05, 0.1) is 17.1 Å². The zero-order chi connectivity index (χ0) is 15.1.